The Morgan fingerprint density at radius 3 is 2.43 bits per heavy atom. The fourth-order valence-corrected chi connectivity index (χ4v) is 2.21. The van der Waals surface area contributed by atoms with Gasteiger partial charge in [-0.25, -0.2) is 0 Å². The Kier molecular flexibility index (Phi) is 5.83. The van der Waals surface area contributed by atoms with Gasteiger partial charge in [0, 0.05) is 26.7 Å². The third kappa shape index (κ3) is 4.01. The van der Waals surface area contributed by atoms with Crippen LogP contribution in [-0.2, 0) is 4.79 Å². The van der Waals surface area contributed by atoms with Crippen molar-refractivity contribution in [2.75, 3.05) is 27.2 Å². The predicted octanol–water partition coefficient (Wildman–Crippen LogP) is 1.91. The van der Waals surface area contributed by atoms with Crippen LogP contribution in [0, 0.1) is 10.1 Å². The van der Waals surface area contributed by atoms with E-state index in [0.29, 0.717) is 6.54 Å². The molecule has 0 saturated heterocycles. The van der Waals surface area contributed by atoms with Crippen LogP contribution in [0.25, 0.3) is 0 Å². The molecule has 7 nitrogen and oxygen atoms in total. The predicted molar refractivity (Wildman–Crippen MR) is 81.1 cm³/mol. The lowest BCUT2D eigenvalue weighted by molar-refractivity contribution is -0.385. The zero-order chi connectivity index (χ0) is 16.2. The van der Waals surface area contributed by atoms with Crippen molar-refractivity contribution in [2.24, 2.45) is 0 Å². The molecule has 0 bridgehead atoms. The molecule has 8 heteroatoms. The van der Waals surface area contributed by atoms with Crippen LogP contribution in [0.4, 0.5) is 5.69 Å². The molecule has 1 rings (SSSR count). The largest absolute Gasteiger partial charge is 0.347 e. The maximum Gasteiger partial charge on any atom is 0.284 e. The van der Waals surface area contributed by atoms with Crippen LogP contribution < -0.4 is 0 Å². The van der Waals surface area contributed by atoms with Crippen molar-refractivity contribution in [3.05, 3.63) is 38.3 Å². The standard InChI is InChI=1S/C13H16BrN3O4/c1-4-16(8-11(18)15(2)3)13(19)9-6-5-7-10(12(9)14)17(20)21/h5-7H,4,8H2,1-3H3. The smallest absolute Gasteiger partial charge is 0.284 e. The van der Waals surface area contributed by atoms with Crippen LogP contribution >= 0.6 is 15.9 Å². The number of hydrogen-bond acceptors (Lipinski definition) is 4. The zero-order valence-electron chi connectivity index (χ0n) is 12.0. The SMILES string of the molecule is CCN(CC(=O)N(C)C)C(=O)c1cccc([N+](=O)[O-])c1Br. The van der Waals surface area contributed by atoms with Gasteiger partial charge in [0.05, 0.1) is 17.0 Å². The molecule has 0 aliphatic rings. The molecule has 114 valence electrons. The number of carbonyl (C=O) groups is 2. The number of rotatable bonds is 5. The van der Waals surface area contributed by atoms with Crippen LogP contribution in [0.3, 0.4) is 0 Å². The molecule has 21 heavy (non-hydrogen) atoms. The van der Waals surface area contributed by atoms with Crippen LogP contribution in [0.5, 0.6) is 0 Å². The van der Waals surface area contributed by atoms with Crippen molar-refractivity contribution in [1.82, 2.24) is 9.80 Å². The fraction of sp³-hybridized carbons (Fsp3) is 0.385. The van der Waals surface area contributed by atoms with Crippen molar-refractivity contribution in [3.8, 4) is 0 Å². The Labute approximate surface area is 130 Å². The van der Waals surface area contributed by atoms with Gasteiger partial charge in [0.25, 0.3) is 11.6 Å². The lowest BCUT2D eigenvalue weighted by Crippen LogP contribution is -2.40. The van der Waals surface area contributed by atoms with Crippen molar-refractivity contribution in [1.29, 1.82) is 0 Å². The maximum atomic E-state index is 12.4. The normalized spacial score (nSPS) is 10.1. The number of nitro groups is 1. The van der Waals surface area contributed by atoms with E-state index in [0.717, 1.165) is 0 Å². The number of nitro benzene ring substituents is 1. The van der Waals surface area contributed by atoms with E-state index in [2.05, 4.69) is 15.9 Å². The summed E-state index contributed by atoms with van der Waals surface area (Å²) in [5.41, 5.74) is -0.0200. The number of amides is 2. The van der Waals surface area contributed by atoms with Crippen molar-refractivity contribution in [3.63, 3.8) is 0 Å². The van der Waals surface area contributed by atoms with Gasteiger partial charge in [-0.2, -0.15) is 0 Å². The first-order valence-corrected chi connectivity index (χ1v) is 7.01. The summed E-state index contributed by atoms with van der Waals surface area (Å²) in [5, 5.41) is 10.9. The first-order chi connectivity index (χ1) is 9.79. The second-order valence-corrected chi connectivity index (χ2v) is 5.30. The minimum absolute atomic E-state index is 0.0720. The van der Waals surface area contributed by atoms with Gasteiger partial charge in [0.2, 0.25) is 5.91 Å². The summed E-state index contributed by atoms with van der Waals surface area (Å²) in [6, 6.07) is 4.24. The average molecular weight is 358 g/mol. The molecule has 1 aromatic carbocycles. The molecule has 0 aliphatic carbocycles. The summed E-state index contributed by atoms with van der Waals surface area (Å²) < 4.78 is 0.121. The van der Waals surface area contributed by atoms with Crippen LogP contribution in [0.1, 0.15) is 17.3 Å². The molecule has 0 spiro atoms. The summed E-state index contributed by atoms with van der Waals surface area (Å²) in [4.78, 5) is 37.2. The van der Waals surface area contributed by atoms with Crippen molar-refractivity contribution in [2.45, 2.75) is 6.92 Å². The Balaban J connectivity index is 3.09. The van der Waals surface area contributed by atoms with E-state index in [1.807, 2.05) is 0 Å². The van der Waals surface area contributed by atoms with E-state index < -0.39 is 10.8 Å². The summed E-state index contributed by atoms with van der Waals surface area (Å²) in [6.07, 6.45) is 0. The van der Waals surface area contributed by atoms with E-state index >= 15 is 0 Å². The highest BCUT2D eigenvalue weighted by Gasteiger charge is 2.24. The maximum absolute atomic E-state index is 12.4. The number of likely N-dealkylation sites (N-methyl/N-ethyl adjacent to an activating group) is 2. The monoisotopic (exact) mass is 357 g/mol. The lowest BCUT2D eigenvalue weighted by Gasteiger charge is -2.22. The summed E-state index contributed by atoms with van der Waals surface area (Å²) in [7, 11) is 3.20. The second-order valence-electron chi connectivity index (χ2n) is 4.50. The molecule has 0 radical (unpaired) electrons. The van der Waals surface area contributed by atoms with Gasteiger partial charge in [0.15, 0.2) is 0 Å². The first-order valence-electron chi connectivity index (χ1n) is 6.21. The van der Waals surface area contributed by atoms with Crippen molar-refractivity contribution >= 4 is 33.4 Å². The molecular formula is C13H16BrN3O4. The molecule has 0 atom stereocenters. The van der Waals surface area contributed by atoms with E-state index in [1.54, 1.807) is 21.0 Å². The summed E-state index contributed by atoms with van der Waals surface area (Å²) in [5.74, 6) is -0.643. The quantitative estimate of drug-likeness (QED) is 0.595. The Bertz CT molecular complexity index is 575. The highest BCUT2D eigenvalue weighted by Crippen LogP contribution is 2.29. The van der Waals surface area contributed by atoms with Gasteiger partial charge in [0.1, 0.15) is 4.47 Å². The topological polar surface area (TPSA) is 83.8 Å². The molecule has 0 unspecified atom stereocenters. The van der Waals surface area contributed by atoms with E-state index in [4.69, 9.17) is 0 Å². The average Bonchev–Trinajstić information content (AvgIpc) is 2.43. The van der Waals surface area contributed by atoms with Gasteiger partial charge in [-0.05, 0) is 28.9 Å². The van der Waals surface area contributed by atoms with Crippen LogP contribution in [0.2, 0.25) is 0 Å². The molecular weight excluding hydrogens is 342 g/mol. The number of carbonyl (C=O) groups excluding carboxylic acids is 2. The van der Waals surface area contributed by atoms with Gasteiger partial charge in [-0.3, -0.25) is 19.7 Å². The molecule has 2 amide bonds. The van der Waals surface area contributed by atoms with E-state index in [1.165, 1.54) is 28.0 Å². The molecule has 1 aromatic rings. The molecule has 0 fully saturated rings. The van der Waals surface area contributed by atoms with Gasteiger partial charge < -0.3 is 9.80 Å². The third-order valence-corrected chi connectivity index (χ3v) is 3.73. The molecule has 0 heterocycles. The number of halogens is 1. The van der Waals surface area contributed by atoms with E-state index in [9.17, 15) is 19.7 Å². The fourth-order valence-electron chi connectivity index (χ4n) is 1.63. The van der Waals surface area contributed by atoms with Gasteiger partial charge in [-0.1, -0.05) is 6.07 Å². The molecule has 0 aromatic heterocycles. The van der Waals surface area contributed by atoms with Crippen LogP contribution in [-0.4, -0.2) is 53.7 Å². The molecule has 0 saturated carbocycles. The highest BCUT2D eigenvalue weighted by molar-refractivity contribution is 9.10. The minimum atomic E-state index is -0.567. The second kappa shape index (κ2) is 7.16. The number of hydrogen-bond donors (Lipinski definition) is 0. The zero-order valence-corrected chi connectivity index (χ0v) is 13.6. The highest BCUT2D eigenvalue weighted by atomic mass is 79.9. The van der Waals surface area contributed by atoms with Crippen molar-refractivity contribution < 1.29 is 14.5 Å². The summed E-state index contributed by atoms with van der Waals surface area (Å²) in [6.45, 7) is 2.00. The Morgan fingerprint density at radius 2 is 1.95 bits per heavy atom. The lowest BCUT2D eigenvalue weighted by atomic mass is 10.1. The first kappa shape index (κ1) is 17.1. The van der Waals surface area contributed by atoms with Gasteiger partial charge >= 0.3 is 0 Å². The van der Waals surface area contributed by atoms with Gasteiger partial charge in [-0.15, -0.1) is 0 Å². The number of benzene rings is 1. The third-order valence-electron chi connectivity index (χ3n) is 2.90. The number of nitrogens with zero attached hydrogens (tertiary/aromatic N) is 3. The Morgan fingerprint density at radius 1 is 1.33 bits per heavy atom. The summed E-state index contributed by atoms with van der Waals surface area (Å²) >= 11 is 3.09. The molecule has 0 aliphatic heterocycles. The molecule has 0 N–H and O–H groups in total. The van der Waals surface area contributed by atoms with E-state index in [-0.39, 0.29) is 28.2 Å². The Hall–Kier alpha value is -1.96. The minimum Gasteiger partial charge on any atom is -0.347 e. The van der Waals surface area contributed by atoms with Crippen LogP contribution in [0.15, 0.2) is 22.7 Å².